The number of hydrogen-bond acceptors (Lipinski definition) is 4. The van der Waals surface area contributed by atoms with Gasteiger partial charge in [-0.15, -0.1) is 0 Å². The van der Waals surface area contributed by atoms with Crippen LogP contribution in [-0.2, 0) is 9.53 Å². The van der Waals surface area contributed by atoms with Gasteiger partial charge in [0.25, 0.3) is 0 Å². The molecule has 0 unspecified atom stereocenters. The molecule has 1 fully saturated rings. The molecule has 0 aromatic heterocycles. The van der Waals surface area contributed by atoms with Crippen LogP contribution in [0.15, 0.2) is 0 Å². The molecule has 124 valence electrons. The Morgan fingerprint density at radius 1 is 1.43 bits per heavy atom. The molecule has 0 aromatic rings. The lowest BCUT2D eigenvalue weighted by Gasteiger charge is -2.34. The molecule has 1 aliphatic heterocycles. The Morgan fingerprint density at radius 2 is 2.14 bits per heavy atom. The molecule has 1 rings (SSSR count). The standard InChI is InChI=1S/C16H32N2O2S/c1-16(2,3)15(19)17(4)9-7-14-13-18(10-11-20-14)8-6-12-21-5/h14H,6-13H2,1-5H3/t14-/m0/s1. The van der Waals surface area contributed by atoms with Gasteiger partial charge in [-0.25, -0.2) is 0 Å². The topological polar surface area (TPSA) is 32.8 Å². The number of nitrogens with zero attached hydrogens (tertiary/aromatic N) is 2. The number of hydrogen-bond donors (Lipinski definition) is 0. The Balaban J connectivity index is 2.29. The van der Waals surface area contributed by atoms with Crippen LogP contribution >= 0.6 is 11.8 Å². The third kappa shape index (κ3) is 7.02. The van der Waals surface area contributed by atoms with Crippen molar-refractivity contribution in [1.29, 1.82) is 0 Å². The molecule has 0 aromatic carbocycles. The van der Waals surface area contributed by atoms with Crippen molar-refractivity contribution in [2.24, 2.45) is 5.41 Å². The highest BCUT2D eigenvalue weighted by Gasteiger charge is 2.26. The van der Waals surface area contributed by atoms with Crippen molar-refractivity contribution >= 4 is 17.7 Å². The monoisotopic (exact) mass is 316 g/mol. The number of carbonyl (C=O) groups is 1. The number of carbonyl (C=O) groups excluding carboxylic acids is 1. The van der Waals surface area contributed by atoms with Gasteiger partial charge >= 0.3 is 0 Å². The first kappa shape index (κ1) is 18.8. The van der Waals surface area contributed by atoms with Crippen LogP contribution in [0.1, 0.15) is 33.6 Å². The molecule has 0 spiro atoms. The van der Waals surface area contributed by atoms with Crippen LogP contribution in [0.3, 0.4) is 0 Å². The molecule has 21 heavy (non-hydrogen) atoms. The first-order chi connectivity index (χ1) is 9.84. The van der Waals surface area contributed by atoms with E-state index in [1.165, 1.54) is 12.2 Å². The van der Waals surface area contributed by atoms with E-state index < -0.39 is 0 Å². The minimum atomic E-state index is -0.300. The fourth-order valence-electron chi connectivity index (χ4n) is 2.60. The minimum Gasteiger partial charge on any atom is -0.375 e. The van der Waals surface area contributed by atoms with Gasteiger partial charge in [0.15, 0.2) is 0 Å². The van der Waals surface area contributed by atoms with E-state index in [1.54, 1.807) is 0 Å². The zero-order valence-corrected chi connectivity index (χ0v) is 15.2. The van der Waals surface area contributed by atoms with Gasteiger partial charge < -0.3 is 9.64 Å². The van der Waals surface area contributed by atoms with E-state index in [4.69, 9.17) is 4.74 Å². The summed E-state index contributed by atoms with van der Waals surface area (Å²) in [6, 6.07) is 0. The van der Waals surface area contributed by atoms with Crippen LogP contribution in [-0.4, -0.2) is 73.7 Å². The summed E-state index contributed by atoms with van der Waals surface area (Å²) in [4.78, 5) is 16.5. The Hall–Kier alpha value is -0.260. The van der Waals surface area contributed by atoms with Crippen molar-refractivity contribution < 1.29 is 9.53 Å². The van der Waals surface area contributed by atoms with Crippen molar-refractivity contribution in [2.75, 3.05) is 51.8 Å². The fourth-order valence-corrected chi connectivity index (χ4v) is 3.02. The molecule has 0 bridgehead atoms. The smallest absolute Gasteiger partial charge is 0.227 e. The summed E-state index contributed by atoms with van der Waals surface area (Å²) >= 11 is 1.91. The van der Waals surface area contributed by atoms with E-state index in [1.807, 2.05) is 44.5 Å². The van der Waals surface area contributed by atoms with Gasteiger partial charge in [0, 0.05) is 32.1 Å². The zero-order valence-electron chi connectivity index (χ0n) is 14.4. The zero-order chi connectivity index (χ0) is 15.9. The highest BCUT2D eigenvalue weighted by molar-refractivity contribution is 7.98. The molecular formula is C16H32N2O2S. The molecule has 1 atom stereocenters. The second-order valence-corrected chi connectivity index (χ2v) is 7.89. The average molecular weight is 317 g/mol. The van der Waals surface area contributed by atoms with Gasteiger partial charge in [0.05, 0.1) is 12.7 Å². The third-order valence-corrected chi connectivity index (χ3v) is 4.52. The lowest BCUT2D eigenvalue weighted by atomic mass is 9.95. The van der Waals surface area contributed by atoms with Crippen molar-refractivity contribution in [1.82, 2.24) is 9.80 Å². The van der Waals surface area contributed by atoms with Gasteiger partial charge in [-0.2, -0.15) is 11.8 Å². The van der Waals surface area contributed by atoms with Gasteiger partial charge in [-0.1, -0.05) is 20.8 Å². The van der Waals surface area contributed by atoms with E-state index in [-0.39, 0.29) is 17.4 Å². The van der Waals surface area contributed by atoms with Gasteiger partial charge in [0.1, 0.15) is 0 Å². The van der Waals surface area contributed by atoms with Gasteiger partial charge in [-0.3, -0.25) is 9.69 Å². The summed E-state index contributed by atoms with van der Waals surface area (Å²) in [5.74, 6) is 1.43. The first-order valence-electron chi connectivity index (χ1n) is 7.93. The second-order valence-electron chi connectivity index (χ2n) is 6.91. The lowest BCUT2D eigenvalue weighted by molar-refractivity contribution is -0.138. The summed E-state index contributed by atoms with van der Waals surface area (Å²) in [5.41, 5.74) is -0.300. The number of morpholine rings is 1. The van der Waals surface area contributed by atoms with Crippen LogP contribution in [0.5, 0.6) is 0 Å². The Labute approximate surface area is 134 Å². The van der Waals surface area contributed by atoms with E-state index in [0.29, 0.717) is 0 Å². The van der Waals surface area contributed by atoms with E-state index in [9.17, 15) is 4.79 Å². The quantitative estimate of drug-likeness (QED) is 0.675. The molecule has 1 aliphatic rings. The van der Waals surface area contributed by atoms with Crippen LogP contribution in [0, 0.1) is 5.41 Å². The summed E-state index contributed by atoms with van der Waals surface area (Å²) in [7, 11) is 1.90. The molecular weight excluding hydrogens is 284 g/mol. The maximum Gasteiger partial charge on any atom is 0.227 e. The minimum absolute atomic E-state index is 0.204. The normalized spacial score (nSPS) is 20.5. The Kier molecular flexibility index (Phi) is 8.06. The van der Waals surface area contributed by atoms with Crippen molar-refractivity contribution in [2.45, 2.75) is 39.7 Å². The molecule has 1 heterocycles. The summed E-state index contributed by atoms with van der Waals surface area (Å²) < 4.78 is 5.85. The highest BCUT2D eigenvalue weighted by Crippen LogP contribution is 2.17. The average Bonchev–Trinajstić information content (AvgIpc) is 2.44. The number of amides is 1. The van der Waals surface area contributed by atoms with E-state index in [2.05, 4.69) is 11.2 Å². The second kappa shape index (κ2) is 9.01. The lowest BCUT2D eigenvalue weighted by Crippen LogP contribution is -2.45. The summed E-state index contributed by atoms with van der Waals surface area (Å²) in [6.45, 7) is 10.7. The van der Waals surface area contributed by atoms with Gasteiger partial charge in [0.2, 0.25) is 5.91 Å². The predicted molar refractivity (Wildman–Crippen MR) is 90.9 cm³/mol. The van der Waals surface area contributed by atoms with Crippen molar-refractivity contribution in [3.05, 3.63) is 0 Å². The molecule has 0 N–H and O–H groups in total. The van der Waals surface area contributed by atoms with Crippen molar-refractivity contribution in [3.8, 4) is 0 Å². The summed E-state index contributed by atoms with van der Waals surface area (Å²) in [5, 5.41) is 0. The number of thioether (sulfide) groups is 1. The van der Waals surface area contributed by atoms with E-state index in [0.717, 1.165) is 39.2 Å². The van der Waals surface area contributed by atoms with E-state index >= 15 is 0 Å². The molecule has 0 aliphatic carbocycles. The fraction of sp³-hybridized carbons (Fsp3) is 0.938. The number of ether oxygens (including phenoxy) is 1. The van der Waals surface area contributed by atoms with Crippen LogP contribution in [0.25, 0.3) is 0 Å². The first-order valence-corrected chi connectivity index (χ1v) is 9.32. The molecule has 4 nitrogen and oxygen atoms in total. The van der Waals surface area contributed by atoms with Crippen LogP contribution in [0.2, 0.25) is 0 Å². The largest absolute Gasteiger partial charge is 0.375 e. The SMILES string of the molecule is CSCCCN1CCO[C@@H](CCN(C)C(=O)C(C)(C)C)C1. The molecule has 1 saturated heterocycles. The Morgan fingerprint density at radius 3 is 2.76 bits per heavy atom. The molecule has 0 radical (unpaired) electrons. The summed E-state index contributed by atoms with van der Waals surface area (Å²) in [6.07, 6.45) is 4.60. The maximum absolute atomic E-state index is 12.1. The Bertz CT molecular complexity index is 318. The van der Waals surface area contributed by atoms with Gasteiger partial charge in [-0.05, 0) is 31.4 Å². The predicted octanol–water partition coefficient (Wildman–Crippen LogP) is 2.33. The molecule has 5 heteroatoms. The molecule has 1 amide bonds. The highest BCUT2D eigenvalue weighted by atomic mass is 32.2. The molecule has 0 saturated carbocycles. The van der Waals surface area contributed by atoms with Crippen LogP contribution in [0.4, 0.5) is 0 Å². The van der Waals surface area contributed by atoms with Crippen LogP contribution < -0.4 is 0 Å². The van der Waals surface area contributed by atoms with Crippen molar-refractivity contribution in [3.63, 3.8) is 0 Å². The number of rotatable bonds is 7. The third-order valence-electron chi connectivity index (χ3n) is 3.82. The maximum atomic E-state index is 12.1.